The average Bonchev–Trinajstić information content (AvgIpc) is 3.00. The van der Waals surface area contributed by atoms with Crippen LogP contribution in [0.1, 0.15) is 30.4 Å². The topological polar surface area (TPSA) is 49.9 Å². The molecular weight excluding hydrogens is 304 g/mol. The molecule has 24 heavy (non-hydrogen) atoms. The number of aryl methyl sites for hydroxylation is 1. The number of benzene rings is 1. The highest BCUT2D eigenvalue weighted by molar-refractivity contribution is 5.82. The molecule has 1 aromatic carbocycles. The highest BCUT2D eigenvalue weighted by Crippen LogP contribution is 2.16. The summed E-state index contributed by atoms with van der Waals surface area (Å²) in [7, 11) is 0. The summed E-state index contributed by atoms with van der Waals surface area (Å²) < 4.78 is 5.50. The van der Waals surface area contributed by atoms with Crippen LogP contribution in [0, 0.1) is 6.92 Å². The van der Waals surface area contributed by atoms with Crippen LogP contribution in [0.15, 0.2) is 24.3 Å². The van der Waals surface area contributed by atoms with E-state index in [0.717, 1.165) is 31.4 Å². The lowest BCUT2D eigenvalue weighted by Crippen LogP contribution is -2.42. The normalized spacial score (nSPS) is 21.6. The smallest absolute Gasteiger partial charge is 0.251 e. The Morgan fingerprint density at radius 1 is 1.04 bits per heavy atom. The minimum absolute atomic E-state index is 0.0975. The van der Waals surface area contributed by atoms with E-state index in [-0.39, 0.29) is 17.9 Å². The Morgan fingerprint density at radius 3 is 2.46 bits per heavy atom. The van der Waals surface area contributed by atoms with Crippen molar-refractivity contribution in [1.29, 1.82) is 0 Å². The minimum Gasteiger partial charge on any atom is -0.368 e. The summed E-state index contributed by atoms with van der Waals surface area (Å²) in [6.07, 6.45) is 2.79. The molecule has 0 aliphatic carbocycles. The van der Waals surface area contributed by atoms with Crippen LogP contribution in [0.5, 0.6) is 0 Å². The largest absolute Gasteiger partial charge is 0.368 e. The molecule has 2 saturated heterocycles. The first-order chi connectivity index (χ1) is 11.6. The molecule has 0 N–H and O–H groups in total. The van der Waals surface area contributed by atoms with Gasteiger partial charge in [0.05, 0.1) is 6.42 Å². The third-order valence-corrected chi connectivity index (χ3v) is 4.84. The van der Waals surface area contributed by atoms with Gasteiger partial charge in [0.15, 0.2) is 0 Å². The van der Waals surface area contributed by atoms with E-state index >= 15 is 0 Å². The van der Waals surface area contributed by atoms with Crippen LogP contribution >= 0.6 is 0 Å². The summed E-state index contributed by atoms with van der Waals surface area (Å²) in [5.41, 5.74) is 2.24. The van der Waals surface area contributed by atoms with E-state index in [2.05, 4.69) is 0 Å². The van der Waals surface area contributed by atoms with Gasteiger partial charge in [0, 0.05) is 32.8 Å². The standard InChI is InChI=1S/C19H26N2O3/c1-15-5-7-16(8-6-15)14-18(22)20-9-3-10-21(12-11-20)19(23)17-4-2-13-24-17/h5-8,17H,2-4,9-14H2,1H3. The van der Waals surface area contributed by atoms with Gasteiger partial charge in [-0.05, 0) is 31.7 Å². The van der Waals surface area contributed by atoms with Gasteiger partial charge in [-0.2, -0.15) is 0 Å². The number of amides is 2. The summed E-state index contributed by atoms with van der Waals surface area (Å²) in [4.78, 5) is 28.7. The molecule has 2 aliphatic heterocycles. The maximum atomic E-state index is 12.5. The molecule has 2 aliphatic rings. The van der Waals surface area contributed by atoms with Gasteiger partial charge in [-0.25, -0.2) is 0 Å². The van der Waals surface area contributed by atoms with E-state index < -0.39 is 0 Å². The summed E-state index contributed by atoms with van der Waals surface area (Å²) >= 11 is 0. The van der Waals surface area contributed by atoms with Gasteiger partial charge in [-0.1, -0.05) is 29.8 Å². The molecule has 0 bridgehead atoms. The third-order valence-electron chi connectivity index (χ3n) is 4.84. The first-order valence-corrected chi connectivity index (χ1v) is 8.87. The lowest BCUT2D eigenvalue weighted by Gasteiger charge is -2.24. The fourth-order valence-electron chi connectivity index (χ4n) is 3.36. The van der Waals surface area contributed by atoms with Crippen molar-refractivity contribution in [2.75, 3.05) is 32.8 Å². The molecule has 1 unspecified atom stereocenters. The van der Waals surface area contributed by atoms with Gasteiger partial charge in [-0.15, -0.1) is 0 Å². The molecule has 0 aromatic heterocycles. The molecule has 3 rings (SSSR count). The molecule has 1 atom stereocenters. The van der Waals surface area contributed by atoms with Crippen LogP contribution in [0.4, 0.5) is 0 Å². The van der Waals surface area contributed by atoms with Crippen molar-refractivity contribution >= 4 is 11.8 Å². The Bertz CT molecular complexity index is 579. The summed E-state index contributed by atoms with van der Waals surface area (Å²) in [6, 6.07) is 8.09. The Hall–Kier alpha value is -1.88. The van der Waals surface area contributed by atoms with E-state index in [1.807, 2.05) is 41.0 Å². The number of hydrogen-bond donors (Lipinski definition) is 0. The van der Waals surface area contributed by atoms with Gasteiger partial charge in [0.1, 0.15) is 6.10 Å². The molecule has 5 nitrogen and oxygen atoms in total. The lowest BCUT2D eigenvalue weighted by atomic mass is 10.1. The maximum Gasteiger partial charge on any atom is 0.251 e. The van der Waals surface area contributed by atoms with Gasteiger partial charge >= 0.3 is 0 Å². The second-order valence-electron chi connectivity index (χ2n) is 6.72. The fraction of sp³-hybridized carbons (Fsp3) is 0.579. The number of nitrogens with zero attached hydrogens (tertiary/aromatic N) is 2. The molecular formula is C19H26N2O3. The Labute approximate surface area is 143 Å². The van der Waals surface area contributed by atoms with Crippen molar-refractivity contribution in [2.24, 2.45) is 0 Å². The number of hydrogen-bond acceptors (Lipinski definition) is 3. The molecule has 0 saturated carbocycles. The van der Waals surface area contributed by atoms with Crippen molar-refractivity contribution in [1.82, 2.24) is 9.80 Å². The SMILES string of the molecule is Cc1ccc(CC(=O)N2CCCN(C(=O)C3CCCO3)CC2)cc1. The zero-order chi connectivity index (χ0) is 16.9. The molecule has 5 heteroatoms. The van der Waals surface area contributed by atoms with E-state index in [1.165, 1.54) is 5.56 Å². The van der Waals surface area contributed by atoms with Crippen molar-refractivity contribution in [3.63, 3.8) is 0 Å². The van der Waals surface area contributed by atoms with E-state index in [4.69, 9.17) is 4.74 Å². The van der Waals surface area contributed by atoms with Crippen molar-refractivity contribution in [2.45, 2.75) is 38.7 Å². The number of carbonyl (C=O) groups is 2. The number of carbonyl (C=O) groups excluding carboxylic acids is 2. The van der Waals surface area contributed by atoms with Crippen molar-refractivity contribution < 1.29 is 14.3 Å². The first-order valence-electron chi connectivity index (χ1n) is 8.87. The van der Waals surface area contributed by atoms with E-state index in [0.29, 0.717) is 32.7 Å². The third kappa shape index (κ3) is 4.15. The summed E-state index contributed by atoms with van der Waals surface area (Å²) in [6.45, 7) is 5.39. The zero-order valence-electron chi connectivity index (χ0n) is 14.4. The van der Waals surface area contributed by atoms with Crippen molar-refractivity contribution in [3.05, 3.63) is 35.4 Å². The predicted octanol–water partition coefficient (Wildman–Crippen LogP) is 1.78. The Kier molecular flexibility index (Phi) is 5.51. The van der Waals surface area contributed by atoms with Gasteiger partial charge in [0.2, 0.25) is 5.91 Å². The summed E-state index contributed by atoms with van der Waals surface area (Å²) in [5.74, 6) is 0.241. The van der Waals surface area contributed by atoms with Crippen molar-refractivity contribution in [3.8, 4) is 0 Å². The molecule has 130 valence electrons. The second kappa shape index (κ2) is 7.79. The maximum absolute atomic E-state index is 12.5. The minimum atomic E-state index is -0.264. The molecule has 2 amide bonds. The van der Waals surface area contributed by atoms with Crippen LogP contribution in [0.2, 0.25) is 0 Å². The van der Waals surface area contributed by atoms with E-state index in [1.54, 1.807) is 0 Å². The first kappa shape index (κ1) is 17.0. The molecule has 1 aromatic rings. The van der Waals surface area contributed by atoms with E-state index in [9.17, 15) is 9.59 Å². The Balaban J connectivity index is 1.53. The second-order valence-corrected chi connectivity index (χ2v) is 6.72. The molecule has 0 spiro atoms. The highest BCUT2D eigenvalue weighted by Gasteiger charge is 2.30. The average molecular weight is 330 g/mol. The van der Waals surface area contributed by atoms with Crippen LogP contribution in [-0.4, -0.2) is 60.5 Å². The van der Waals surface area contributed by atoms with Crippen LogP contribution in [-0.2, 0) is 20.7 Å². The molecule has 0 radical (unpaired) electrons. The Morgan fingerprint density at radius 2 is 1.75 bits per heavy atom. The fourth-order valence-corrected chi connectivity index (χ4v) is 3.36. The predicted molar refractivity (Wildman–Crippen MR) is 91.6 cm³/mol. The quantitative estimate of drug-likeness (QED) is 0.849. The number of ether oxygens (including phenoxy) is 1. The van der Waals surface area contributed by atoms with Gasteiger partial charge < -0.3 is 14.5 Å². The molecule has 2 heterocycles. The lowest BCUT2D eigenvalue weighted by molar-refractivity contribution is -0.141. The zero-order valence-corrected chi connectivity index (χ0v) is 14.4. The van der Waals surface area contributed by atoms with Crippen LogP contribution in [0.25, 0.3) is 0 Å². The highest BCUT2D eigenvalue weighted by atomic mass is 16.5. The summed E-state index contributed by atoms with van der Waals surface area (Å²) in [5, 5.41) is 0. The van der Waals surface area contributed by atoms with Gasteiger partial charge in [0.25, 0.3) is 5.91 Å². The van der Waals surface area contributed by atoms with Gasteiger partial charge in [-0.3, -0.25) is 9.59 Å². The van der Waals surface area contributed by atoms with Crippen LogP contribution < -0.4 is 0 Å². The number of rotatable bonds is 3. The van der Waals surface area contributed by atoms with Crippen LogP contribution in [0.3, 0.4) is 0 Å². The molecule has 2 fully saturated rings. The monoisotopic (exact) mass is 330 g/mol.